The minimum Gasteiger partial charge on any atom is -0.326 e. The second-order valence-electron chi connectivity index (χ2n) is 5.03. The summed E-state index contributed by atoms with van der Waals surface area (Å²) >= 11 is 0. The Labute approximate surface area is 119 Å². The van der Waals surface area contributed by atoms with E-state index in [2.05, 4.69) is 9.97 Å². The largest absolute Gasteiger partial charge is 0.326 e. The van der Waals surface area contributed by atoms with E-state index >= 15 is 0 Å². The molecule has 1 atom stereocenters. The Hall–Kier alpha value is -1.97. The summed E-state index contributed by atoms with van der Waals surface area (Å²) in [5, 5.41) is 0.124. The Morgan fingerprint density at radius 2 is 2.00 bits per heavy atom. The van der Waals surface area contributed by atoms with Crippen LogP contribution in [0.3, 0.4) is 0 Å². The summed E-state index contributed by atoms with van der Waals surface area (Å²) in [6.07, 6.45) is 0.612. The van der Waals surface area contributed by atoms with Gasteiger partial charge in [-0.15, -0.1) is 0 Å². The van der Waals surface area contributed by atoms with Crippen LogP contribution in [0.25, 0.3) is 10.9 Å². The minimum absolute atomic E-state index is 0.0154. The van der Waals surface area contributed by atoms with E-state index in [9.17, 15) is 18.0 Å². The lowest BCUT2D eigenvalue weighted by Crippen LogP contribution is -2.32. The third-order valence-electron chi connectivity index (χ3n) is 3.54. The number of nitrogens with one attached hydrogen (secondary N) is 2. The third kappa shape index (κ3) is 2.39. The molecule has 0 unspecified atom stereocenters. The molecule has 1 aliphatic rings. The lowest BCUT2D eigenvalue weighted by atomic mass is 10.2. The Bertz CT molecular complexity index is 915. The second kappa shape index (κ2) is 4.79. The predicted octanol–water partition coefficient (Wildman–Crippen LogP) is -1.06. The Morgan fingerprint density at radius 1 is 1.24 bits per heavy atom. The van der Waals surface area contributed by atoms with Crippen LogP contribution in [0, 0.1) is 0 Å². The molecule has 1 aromatic carbocycles. The highest BCUT2D eigenvalue weighted by atomic mass is 32.2. The Morgan fingerprint density at radius 3 is 2.67 bits per heavy atom. The number of H-pyrrole nitrogens is 2. The molecule has 112 valence electrons. The van der Waals surface area contributed by atoms with E-state index in [1.807, 2.05) is 0 Å². The molecule has 1 fully saturated rings. The number of aromatic nitrogens is 2. The summed E-state index contributed by atoms with van der Waals surface area (Å²) in [4.78, 5) is 27.5. The summed E-state index contributed by atoms with van der Waals surface area (Å²) in [6, 6.07) is 3.88. The van der Waals surface area contributed by atoms with Gasteiger partial charge in [0.25, 0.3) is 5.56 Å². The van der Waals surface area contributed by atoms with E-state index in [-0.39, 0.29) is 22.9 Å². The maximum absolute atomic E-state index is 12.5. The van der Waals surface area contributed by atoms with Gasteiger partial charge in [-0.3, -0.25) is 9.78 Å². The number of fused-ring (bicyclic) bond motifs is 1. The first kappa shape index (κ1) is 14.0. The SMILES string of the molecule is N[C@@H]1CCN(S(=O)(=O)c2ccc3[nH]c(=O)[nH]c(=O)c3c2)C1. The number of benzene rings is 1. The maximum atomic E-state index is 12.5. The standard InChI is InChI=1S/C12H14N4O4S/c13-7-3-4-16(6-7)21(19,20)8-1-2-10-9(5-8)11(17)15-12(18)14-10/h1-2,5,7H,3-4,6,13H2,(H2,14,15,17,18)/t7-/m1/s1. The van der Waals surface area contributed by atoms with Crippen molar-refractivity contribution in [2.45, 2.75) is 17.4 Å². The minimum atomic E-state index is -3.68. The van der Waals surface area contributed by atoms with E-state index in [1.165, 1.54) is 22.5 Å². The molecule has 21 heavy (non-hydrogen) atoms. The van der Waals surface area contributed by atoms with Crippen molar-refractivity contribution < 1.29 is 8.42 Å². The van der Waals surface area contributed by atoms with Gasteiger partial charge in [0.05, 0.1) is 15.8 Å². The van der Waals surface area contributed by atoms with Crippen LogP contribution in [0.15, 0.2) is 32.7 Å². The summed E-state index contributed by atoms with van der Waals surface area (Å²) in [5.41, 5.74) is 4.77. The fourth-order valence-electron chi connectivity index (χ4n) is 2.43. The number of hydrogen-bond donors (Lipinski definition) is 3. The molecular formula is C12H14N4O4S. The topological polar surface area (TPSA) is 129 Å². The smallest absolute Gasteiger partial charge is 0.326 e. The number of nitrogens with zero attached hydrogens (tertiary/aromatic N) is 1. The number of hydrogen-bond acceptors (Lipinski definition) is 5. The third-order valence-corrected chi connectivity index (χ3v) is 5.40. The first-order chi connectivity index (χ1) is 9.88. The van der Waals surface area contributed by atoms with E-state index in [0.29, 0.717) is 18.5 Å². The number of rotatable bonds is 2. The molecule has 0 amide bonds. The van der Waals surface area contributed by atoms with E-state index in [1.54, 1.807) is 0 Å². The molecule has 2 heterocycles. The highest BCUT2D eigenvalue weighted by molar-refractivity contribution is 7.89. The highest BCUT2D eigenvalue weighted by Gasteiger charge is 2.31. The van der Waals surface area contributed by atoms with Crippen molar-refractivity contribution in [2.24, 2.45) is 5.73 Å². The quantitative estimate of drug-likeness (QED) is 0.651. The fourth-order valence-corrected chi connectivity index (χ4v) is 3.96. The van der Waals surface area contributed by atoms with Crippen molar-refractivity contribution >= 4 is 20.9 Å². The molecule has 1 aliphatic heterocycles. The van der Waals surface area contributed by atoms with Crippen LogP contribution < -0.4 is 17.0 Å². The van der Waals surface area contributed by atoms with Crippen LogP contribution in [0.4, 0.5) is 0 Å². The van der Waals surface area contributed by atoms with Gasteiger partial charge in [0, 0.05) is 19.1 Å². The van der Waals surface area contributed by atoms with Gasteiger partial charge in [0.1, 0.15) is 0 Å². The van der Waals surface area contributed by atoms with Gasteiger partial charge >= 0.3 is 5.69 Å². The molecule has 3 rings (SSSR count). The average Bonchev–Trinajstić information content (AvgIpc) is 2.85. The normalized spacial score (nSPS) is 20.1. The summed E-state index contributed by atoms with van der Waals surface area (Å²) in [7, 11) is -3.68. The molecule has 1 saturated heterocycles. The highest BCUT2D eigenvalue weighted by Crippen LogP contribution is 2.22. The van der Waals surface area contributed by atoms with E-state index < -0.39 is 21.3 Å². The van der Waals surface area contributed by atoms with Crippen LogP contribution in [0.2, 0.25) is 0 Å². The Kier molecular flexibility index (Phi) is 3.19. The van der Waals surface area contributed by atoms with Gasteiger partial charge in [-0.2, -0.15) is 4.31 Å². The number of aromatic amines is 2. The fraction of sp³-hybridized carbons (Fsp3) is 0.333. The van der Waals surface area contributed by atoms with Crippen LogP contribution in [0.1, 0.15) is 6.42 Å². The van der Waals surface area contributed by atoms with Crippen molar-refractivity contribution in [3.8, 4) is 0 Å². The summed E-state index contributed by atoms with van der Waals surface area (Å²) in [6.45, 7) is 0.631. The lowest BCUT2D eigenvalue weighted by molar-refractivity contribution is 0.472. The van der Waals surface area contributed by atoms with Crippen LogP contribution >= 0.6 is 0 Å². The maximum Gasteiger partial charge on any atom is 0.326 e. The monoisotopic (exact) mass is 310 g/mol. The van der Waals surface area contributed by atoms with Crippen molar-refractivity contribution in [3.63, 3.8) is 0 Å². The van der Waals surface area contributed by atoms with Gasteiger partial charge in [0.15, 0.2) is 0 Å². The van der Waals surface area contributed by atoms with Crippen LogP contribution in [-0.4, -0.2) is 41.8 Å². The molecular weight excluding hydrogens is 296 g/mol. The number of nitrogens with two attached hydrogens (primary N) is 1. The lowest BCUT2D eigenvalue weighted by Gasteiger charge is -2.16. The summed E-state index contributed by atoms with van der Waals surface area (Å²) in [5.74, 6) is 0. The molecule has 0 aliphatic carbocycles. The first-order valence-electron chi connectivity index (χ1n) is 6.40. The van der Waals surface area contributed by atoms with Crippen molar-refractivity contribution in [1.29, 1.82) is 0 Å². The zero-order valence-electron chi connectivity index (χ0n) is 11.0. The number of sulfonamides is 1. The van der Waals surface area contributed by atoms with Crippen molar-refractivity contribution in [3.05, 3.63) is 39.0 Å². The van der Waals surface area contributed by atoms with Gasteiger partial charge in [0.2, 0.25) is 10.0 Å². The molecule has 0 radical (unpaired) electrons. The molecule has 0 saturated carbocycles. The molecule has 2 aromatic rings. The van der Waals surface area contributed by atoms with Gasteiger partial charge in [-0.05, 0) is 24.6 Å². The second-order valence-corrected chi connectivity index (χ2v) is 6.97. The van der Waals surface area contributed by atoms with Crippen molar-refractivity contribution in [1.82, 2.24) is 14.3 Å². The summed E-state index contributed by atoms with van der Waals surface area (Å²) < 4.78 is 26.3. The molecule has 0 spiro atoms. The molecule has 9 heteroatoms. The van der Waals surface area contributed by atoms with Crippen molar-refractivity contribution in [2.75, 3.05) is 13.1 Å². The van der Waals surface area contributed by atoms with E-state index in [0.717, 1.165) is 0 Å². The van der Waals surface area contributed by atoms with Gasteiger partial charge < -0.3 is 10.7 Å². The molecule has 8 nitrogen and oxygen atoms in total. The van der Waals surface area contributed by atoms with Crippen LogP contribution in [0.5, 0.6) is 0 Å². The zero-order valence-corrected chi connectivity index (χ0v) is 11.8. The molecule has 1 aromatic heterocycles. The van der Waals surface area contributed by atoms with Gasteiger partial charge in [-0.1, -0.05) is 0 Å². The van der Waals surface area contributed by atoms with E-state index in [4.69, 9.17) is 5.73 Å². The Balaban J connectivity index is 2.13. The van der Waals surface area contributed by atoms with Crippen LogP contribution in [-0.2, 0) is 10.0 Å². The first-order valence-corrected chi connectivity index (χ1v) is 7.84. The molecule has 0 bridgehead atoms. The zero-order chi connectivity index (χ0) is 15.2. The average molecular weight is 310 g/mol. The van der Waals surface area contributed by atoms with Gasteiger partial charge in [-0.25, -0.2) is 13.2 Å². The molecule has 4 N–H and O–H groups in total. The predicted molar refractivity (Wildman–Crippen MR) is 76.5 cm³/mol.